The number of aliphatic hydroxyl groups is 4. The summed E-state index contributed by atoms with van der Waals surface area (Å²) >= 11 is 0. The monoisotopic (exact) mass is 396 g/mol. The Morgan fingerprint density at radius 2 is 1.45 bits per heavy atom. The molecule has 1 aromatic rings. The molecule has 1 saturated heterocycles. The first-order chi connectivity index (χ1) is 14.0. The van der Waals surface area contributed by atoms with E-state index < -0.39 is 37.1 Å². The van der Waals surface area contributed by atoms with Crippen molar-refractivity contribution in [2.45, 2.75) is 36.9 Å². The minimum absolute atomic E-state index is 0.0854. The first-order valence-corrected chi connectivity index (χ1v) is 9.58. The normalized spacial score (nSPS) is 27.2. The maximum Gasteiger partial charge on any atom is 0.121 e. The van der Waals surface area contributed by atoms with Crippen LogP contribution < -0.4 is 0 Å². The molecule has 1 fully saturated rings. The number of phenolic OH excluding ortho intramolecular Hbond substituents is 1. The molecule has 3 aliphatic rings. The number of aromatic hydroxyl groups is 1. The van der Waals surface area contributed by atoms with Gasteiger partial charge in [-0.25, -0.2) is 0 Å². The highest BCUT2D eigenvalue weighted by molar-refractivity contribution is 5.68. The predicted octanol–water partition coefficient (Wildman–Crippen LogP) is 1.60. The Balaban J connectivity index is 1.63. The molecule has 152 valence electrons. The van der Waals surface area contributed by atoms with E-state index in [-0.39, 0.29) is 5.75 Å². The number of aliphatic hydroxyl groups excluding tert-OH is 4. The van der Waals surface area contributed by atoms with E-state index in [9.17, 15) is 25.5 Å². The molecule has 2 aliphatic carbocycles. The lowest BCUT2D eigenvalue weighted by molar-refractivity contribution is -0.232. The Bertz CT molecular complexity index is 925. The lowest BCUT2D eigenvalue weighted by atomic mass is 9.89. The van der Waals surface area contributed by atoms with E-state index in [0.29, 0.717) is 12.0 Å². The van der Waals surface area contributed by atoms with E-state index in [0.717, 1.165) is 22.3 Å². The number of ether oxygens (including phenoxy) is 1. The summed E-state index contributed by atoms with van der Waals surface area (Å²) in [6.45, 7) is -0.514. The van der Waals surface area contributed by atoms with Crippen molar-refractivity contribution in [3.8, 4) is 16.9 Å². The van der Waals surface area contributed by atoms with E-state index in [1.165, 1.54) is 6.07 Å². The largest absolute Gasteiger partial charge is 0.508 e. The van der Waals surface area contributed by atoms with Crippen LogP contribution in [-0.2, 0) is 11.2 Å². The van der Waals surface area contributed by atoms with Gasteiger partial charge in [0.25, 0.3) is 0 Å². The first kappa shape index (κ1) is 19.8. The molecule has 6 heteroatoms. The van der Waals surface area contributed by atoms with Crippen molar-refractivity contribution < 1.29 is 30.3 Å². The third kappa shape index (κ3) is 3.85. The predicted molar refractivity (Wildman–Crippen MR) is 107 cm³/mol. The fourth-order valence-electron chi connectivity index (χ4n) is 3.92. The van der Waals surface area contributed by atoms with Crippen LogP contribution in [0.4, 0.5) is 0 Å². The van der Waals surface area contributed by atoms with Gasteiger partial charge in [-0.3, -0.25) is 0 Å². The Hall–Kier alpha value is -2.48. The molecule has 0 amide bonds. The molecule has 29 heavy (non-hydrogen) atoms. The second-order valence-corrected chi connectivity index (χ2v) is 7.50. The number of phenols is 1. The van der Waals surface area contributed by atoms with Gasteiger partial charge in [0.2, 0.25) is 0 Å². The molecule has 0 spiro atoms. The van der Waals surface area contributed by atoms with Crippen LogP contribution in [-0.4, -0.2) is 56.6 Å². The maximum atomic E-state index is 10.4. The van der Waals surface area contributed by atoms with Gasteiger partial charge in [0.05, 0.1) is 6.61 Å². The molecular formula is C23H24O6. The molecule has 6 nitrogen and oxygen atoms in total. The quantitative estimate of drug-likeness (QED) is 0.458. The zero-order valence-electron chi connectivity index (χ0n) is 15.7. The fourth-order valence-corrected chi connectivity index (χ4v) is 3.92. The third-order valence-electron chi connectivity index (χ3n) is 5.49. The van der Waals surface area contributed by atoms with Gasteiger partial charge in [0.1, 0.15) is 36.3 Å². The van der Waals surface area contributed by atoms with Crippen molar-refractivity contribution in [1.29, 1.82) is 0 Å². The molecule has 0 bridgehead atoms. The average molecular weight is 396 g/mol. The van der Waals surface area contributed by atoms with Crippen LogP contribution in [0.25, 0.3) is 11.1 Å². The smallest absolute Gasteiger partial charge is 0.121 e. The molecular weight excluding hydrogens is 372 g/mol. The second kappa shape index (κ2) is 8.10. The molecule has 0 saturated carbocycles. The van der Waals surface area contributed by atoms with E-state index >= 15 is 0 Å². The molecule has 2 unspecified atom stereocenters. The fraction of sp³-hybridized carbons (Fsp3) is 0.304. The lowest BCUT2D eigenvalue weighted by Crippen LogP contribution is -2.55. The lowest BCUT2D eigenvalue weighted by Gasteiger charge is -2.40. The Morgan fingerprint density at radius 1 is 0.759 bits per heavy atom. The Morgan fingerprint density at radius 3 is 2.10 bits per heavy atom. The zero-order valence-corrected chi connectivity index (χ0v) is 15.7. The summed E-state index contributed by atoms with van der Waals surface area (Å²) in [5, 5.41) is 50.1. The highest BCUT2D eigenvalue weighted by Crippen LogP contribution is 2.37. The summed E-state index contributed by atoms with van der Waals surface area (Å²) in [6.07, 6.45) is -5.84. The number of fused-ring (bicyclic) bond motifs is 1. The van der Waals surface area contributed by atoms with Crippen LogP contribution in [0, 0.1) is 0 Å². The van der Waals surface area contributed by atoms with Crippen LogP contribution in [0.2, 0.25) is 0 Å². The minimum Gasteiger partial charge on any atom is -0.508 e. The van der Waals surface area contributed by atoms with Crippen molar-refractivity contribution in [3.05, 3.63) is 77.4 Å². The van der Waals surface area contributed by atoms with E-state index in [1.807, 2.05) is 18.2 Å². The van der Waals surface area contributed by atoms with Crippen LogP contribution in [0.5, 0.6) is 5.75 Å². The van der Waals surface area contributed by atoms with Gasteiger partial charge in [-0.2, -0.15) is 0 Å². The summed E-state index contributed by atoms with van der Waals surface area (Å²) in [5.74, 6) is -0.0854. The first-order valence-electron chi connectivity index (χ1n) is 9.58. The summed E-state index contributed by atoms with van der Waals surface area (Å²) in [7, 11) is 0. The third-order valence-corrected chi connectivity index (χ3v) is 5.49. The molecule has 0 aromatic heterocycles. The van der Waals surface area contributed by atoms with Crippen molar-refractivity contribution in [2.24, 2.45) is 0 Å². The van der Waals surface area contributed by atoms with Crippen molar-refractivity contribution >= 4 is 0 Å². The molecule has 1 aliphatic heterocycles. The molecule has 0 radical (unpaired) electrons. The molecule has 4 rings (SSSR count). The van der Waals surface area contributed by atoms with Crippen LogP contribution >= 0.6 is 0 Å². The number of rotatable bonds is 4. The summed E-state index contributed by atoms with van der Waals surface area (Å²) in [6, 6.07) is 19.3. The molecule has 1 aromatic carbocycles. The topological polar surface area (TPSA) is 110 Å². The van der Waals surface area contributed by atoms with Gasteiger partial charge in [-0.05, 0) is 40.8 Å². The highest BCUT2D eigenvalue weighted by atomic mass is 16.5. The van der Waals surface area contributed by atoms with Crippen LogP contribution in [0.3, 0.4) is 0 Å². The zero-order chi connectivity index (χ0) is 20.5. The SMILES string of the molecule is OCC1O[C@@H](c2cc(Cc3cc4cccccc-4c3)ccc2O)[C@H](O)C(O)[C@@H]1O. The molecule has 1 heterocycles. The van der Waals surface area contributed by atoms with Gasteiger partial charge in [0.15, 0.2) is 0 Å². The minimum atomic E-state index is -1.49. The van der Waals surface area contributed by atoms with E-state index in [4.69, 9.17) is 4.74 Å². The Labute approximate surface area is 168 Å². The standard InChI is InChI=1S/C23H24O6/c24-12-19-20(26)21(27)22(28)23(29-19)17-11-13(6-7-18(17)25)8-14-9-15-4-2-1-3-5-16(15)10-14/h1-7,9-11,19-28H,8,12H2/t19?,20-,21?,22-,23+/m1/s1. The second-order valence-electron chi connectivity index (χ2n) is 7.50. The number of hydrogen-bond acceptors (Lipinski definition) is 6. The van der Waals surface area contributed by atoms with Gasteiger partial charge >= 0.3 is 0 Å². The molecule has 5 atom stereocenters. The summed E-state index contributed by atoms with van der Waals surface area (Å²) in [4.78, 5) is 0. The van der Waals surface area contributed by atoms with Gasteiger partial charge < -0.3 is 30.3 Å². The van der Waals surface area contributed by atoms with Crippen LogP contribution in [0.1, 0.15) is 22.8 Å². The Kier molecular flexibility index (Phi) is 5.54. The summed E-state index contributed by atoms with van der Waals surface area (Å²) in [5.41, 5.74) is 4.59. The van der Waals surface area contributed by atoms with Gasteiger partial charge in [0, 0.05) is 5.56 Å². The average Bonchev–Trinajstić information content (AvgIpc) is 2.96. The van der Waals surface area contributed by atoms with E-state index in [2.05, 4.69) is 24.3 Å². The van der Waals surface area contributed by atoms with Crippen molar-refractivity contribution in [2.75, 3.05) is 6.61 Å². The van der Waals surface area contributed by atoms with Crippen LogP contribution in [0.15, 0.2) is 60.7 Å². The van der Waals surface area contributed by atoms with Crippen molar-refractivity contribution in [1.82, 2.24) is 0 Å². The highest BCUT2D eigenvalue weighted by Gasteiger charge is 2.44. The number of benzene rings is 1. The maximum absolute atomic E-state index is 10.4. The molecule has 5 N–H and O–H groups in total. The number of hydrogen-bond donors (Lipinski definition) is 5. The summed E-state index contributed by atoms with van der Waals surface area (Å²) < 4.78 is 5.59. The van der Waals surface area contributed by atoms with E-state index in [1.54, 1.807) is 12.1 Å². The van der Waals surface area contributed by atoms with Gasteiger partial charge in [-0.1, -0.05) is 48.5 Å². The van der Waals surface area contributed by atoms with Crippen molar-refractivity contribution in [3.63, 3.8) is 0 Å². The van der Waals surface area contributed by atoms with Gasteiger partial charge in [-0.15, -0.1) is 0 Å².